The van der Waals surface area contributed by atoms with Crippen LogP contribution >= 0.6 is 0 Å². The van der Waals surface area contributed by atoms with E-state index >= 15 is 0 Å². The van der Waals surface area contributed by atoms with E-state index < -0.39 is 17.5 Å². The number of hydrogen-bond acceptors (Lipinski definition) is 2. The Morgan fingerprint density at radius 2 is 1.64 bits per heavy atom. The molecule has 5 heteroatoms. The molecule has 0 saturated heterocycles. The third kappa shape index (κ3) is 3.61. The van der Waals surface area contributed by atoms with E-state index in [0.717, 1.165) is 29.4 Å². The molecule has 0 bridgehead atoms. The second-order valence-electron chi connectivity index (χ2n) is 5.35. The monoisotopic (exact) mass is 304 g/mol. The second kappa shape index (κ2) is 6.56. The van der Waals surface area contributed by atoms with E-state index in [1.165, 1.54) is 4.90 Å². The van der Waals surface area contributed by atoms with Crippen molar-refractivity contribution in [3.05, 3.63) is 65.2 Å². The van der Waals surface area contributed by atoms with Gasteiger partial charge in [-0.3, -0.25) is 4.79 Å². The third-order valence-corrected chi connectivity index (χ3v) is 3.38. The second-order valence-corrected chi connectivity index (χ2v) is 5.35. The van der Waals surface area contributed by atoms with Crippen molar-refractivity contribution in [1.29, 1.82) is 0 Å². The summed E-state index contributed by atoms with van der Waals surface area (Å²) in [5.41, 5.74) is 1.71. The summed E-state index contributed by atoms with van der Waals surface area (Å²) < 4.78 is 26.8. The van der Waals surface area contributed by atoms with Gasteiger partial charge in [0.1, 0.15) is 11.6 Å². The molecule has 0 aliphatic heterocycles. The topological polar surface area (TPSA) is 23.6 Å². The molecule has 0 fully saturated rings. The standard InChI is InChI=1S/C17H18F2N2O/c1-20(2)14-7-4-12(5-8-14)11-21(3)17(22)15-10-13(18)6-9-16(15)19/h4-10H,11H2,1-3H3. The molecule has 0 aromatic heterocycles. The minimum atomic E-state index is -0.721. The van der Waals surface area contributed by atoms with Gasteiger partial charge < -0.3 is 9.80 Å². The Hall–Kier alpha value is -2.43. The molecule has 0 N–H and O–H groups in total. The molecule has 0 aliphatic carbocycles. The van der Waals surface area contributed by atoms with Gasteiger partial charge in [0.25, 0.3) is 5.91 Å². The predicted molar refractivity (Wildman–Crippen MR) is 82.9 cm³/mol. The Labute approximate surface area is 128 Å². The molecule has 0 atom stereocenters. The van der Waals surface area contributed by atoms with Crippen molar-refractivity contribution in [1.82, 2.24) is 4.90 Å². The quantitative estimate of drug-likeness (QED) is 0.865. The molecular formula is C17H18F2N2O. The maximum atomic E-state index is 13.6. The van der Waals surface area contributed by atoms with Crippen molar-refractivity contribution in [3.8, 4) is 0 Å². The number of hydrogen-bond donors (Lipinski definition) is 0. The summed E-state index contributed by atoms with van der Waals surface area (Å²) in [5, 5.41) is 0. The van der Waals surface area contributed by atoms with Crippen molar-refractivity contribution in [2.24, 2.45) is 0 Å². The lowest BCUT2D eigenvalue weighted by molar-refractivity contribution is 0.0780. The zero-order valence-electron chi connectivity index (χ0n) is 12.8. The largest absolute Gasteiger partial charge is 0.378 e. The maximum Gasteiger partial charge on any atom is 0.256 e. The van der Waals surface area contributed by atoms with E-state index in [4.69, 9.17) is 0 Å². The lowest BCUT2D eigenvalue weighted by atomic mass is 10.1. The Balaban J connectivity index is 2.12. The summed E-state index contributed by atoms with van der Waals surface area (Å²) >= 11 is 0. The average Bonchev–Trinajstić information content (AvgIpc) is 2.49. The molecule has 0 spiro atoms. The van der Waals surface area contributed by atoms with Crippen molar-refractivity contribution in [2.75, 3.05) is 26.0 Å². The highest BCUT2D eigenvalue weighted by molar-refractivity contribution is 5.94. The summed E-state index contributed by atoms with van der Waals surface area (Å²) in [6.07, 6.45) is 0. The summed E-state index contributed by atoms with van der Waals surface area (Å²) in [4.78, 5) is 15.5. The smallest absolute Gasteiger partial charge is 0.256 e. The summed E-state index contributed by atoms with van der Waals surface area (Å²) in [5.74, 6) is -1.90. The van der Waals surface area contributed by atoms with E-state index in [-0.39, 0.29) is 5.56 Å². The van der Waals surface area contributed by atoms with E-state index in [1.807, 2.05) is 43.3 Å². The fourth-order valence-electron chi connectivity index (χ4n) is 2.11. The fraction of sp³-hybridized carbons (Fsp3) is 0.235. The molecule has 0 radical (unpaired) electrons. The average molecular weight is 304 g/mol. The van der Waals surface area contributed by atoms with Crippen LogP contribution in [0.5, 0.6) is 0 Å². The molecule has 3 nitrogen and oxygen atoms in total. The number of amides is 1. The highest BCUT2D eigenvalue weighted by Crippen LogP contribution is 2.16. The Bertz CT molecular complexity index is 669. The van der Waals surface area contributed by atoms with Crippen molar-refractivity contribution < 1.29 is 13.6 Å². The SMILES string of the molecule is CN(Cc1ccc(N(C)C)cc1)C(=O)c1cc(F)ccc1F. The van der Waals surface area contributed by atoms with E-state index in [9.17, 15) is 13.6 Å². The van der Waals surface area contributed by atoms with Gasteiger partial charge >= 0.3 is 0 Å². The molecule has 0 aliphatic rings. The minimum absolute atomic E-state index is 0.257. The zero-order chi connectivity index (χ0) is 16.3. The number of benzene rings is 2. The van der Waals surface area contributed by atoms with Crippen LogP contribution in [0.25, 0.3) is 0 Å². The molecule has 0 heterocycles. The Morgan fingerprint density at radius 3 is 2.23 bits per heavy atom. The highest BCUT2D eigenvalue weighted by Gasteiger charge is 2.17. The molecule has 1 amide bonds. The molecule has 0 saturated carbocycles. The number of nitrogens with zero attached hydrogens (tertiary/aromatic N) is 2. The van der Waals surface area contributed by atoms with Gasteiger partial charge in [-0.05, 0) is 35.9 Å². The highest BCUT2D eigenvalue weighted by atomic mass is 19.1. The van der Waals surface area contributed by atoms with Gasteiger partial charge in [0, 0.05) is 33.4 Å². The molecular weight excluding hydrogens is 286 g/mol. The van der Waals surface area contributed by atoms with Crippen LogP contribution in [0.4, 0.5) is 14.5 Å². The first-order valence-electron chi connectivity index (χ1n) is 6.85. The number of anilines is 1. The van der Waals surface area contributed by atoms with Gasteiger partial charge in [0.05, 0.1) is 5.56 Å². The van der Waals surface area contributed by atoms with Crippen molar-refractivity contribution >= 4 is 11.6 Å². The van der Waals surface area contributed by atoms with Gasteiger partial charge in [-0.2, -0.15) is 0 Å². The van der Waals surface area contributed by atoms with Crippen LogP contribution in [-0.2, 0) is 6.54 Å². The number of halogens is 2. The molecule has 0 unspecified atom stereocenters. The van der Waals surface area contributed by atoms with Gasteiger partial charge in [-0.15, -0.1) is 0 Å². The van der Waals surface area contributed by atoms with Crippen LogP contribution in [0, 0.1) is 11.6 Å². The molecule has 22 heavy (non-hydrogen) atoms. The zero-order valence-corrected chi connectivity index (χ0v) is 12.8. The summed E-state index contributed by atoms with van der Waals surface area (Å²) in [6, 6.07) is 10.6. The van der Waals surface area contributed by atoms with Gasteiger partial charge in [0.2, 0.25) is 0 Å². The predicted octanol–water partition coefficient (Wildman–Crippen LogP) is 3.30. The van der Waals surface area contributed by atoms with Crippen LogP contribution in [0.15, 0.2) is 42.5 Å². The molecule has 2 rings (SSSR count). The van der Waals surface area contributed by atoms with Crippen LogP contribution in [0.3, 0.4) is 0 Å². The number of carbonyl (C=O) groups is 1. The molecule has 2 aromatic rings. The molecule has 2 aromatic carbocycles. The fourth-order valence-corrected chi connectivity index (χ4v) is 2.11. The normalized spacial score (nSPS) is 10.4. The van der Waals surface area contributed by atoms with E-state index in [0.29, 0.717) is 6.54 Å². The van der Waals surface area contributed by atoms with Gasteiger partial charge in [-0.25, -0.2) is 8.78 Å². The van der Waals surface area contributed by atoms with Crippen molar-refractivity contribution in [2.45, 2.75) is 6.54 Å². The number of carbonyl (C=O) groups excluding carboxylic acids is 1. The first kappa shape index (κ1) is 15.9. The van der Waals surface area contributed by atoms with Crippen LogP contribution < -0.4 is 4.90 Å². The first-order valence-corrected chi connectivity index (χ1v) is 6.85. The van der Waals surface area contributed by atoms with Gasteiger partial charge in [0.15, 0.2) is 0 Å². The Morgan fingerprint density at radius 1 is 1.00 bits per heavy atom. The van der Waals surface area contributed by atoms with Crippen LogP contribution in [0.2, 0.25) is 0 Å². The third-order valence-electron chi connectivity index (χ3n) is 3.38. The summed E-state index contributed by atoms with van der Waals surface area (Å²) in [7, 11) is 5.45. The van der Waals surface area contributed by atoms with E-state index in [2.05, 4.69) is 0 Å². The van der Waals surface area contributed by atoms with Crippen molar-refractivity contribution in [3.63, 3.8) is 0 Å². The minimum Gasteiger partial charge on any atom is -0.378 e. The van der Waals surface area contributed by atoms with Crippen LogP contribution in [0.1, 0.15) is 15.9 Å². The lowest BCUT2D eigenvalue weighted by Crippen LogP contribution is -2.27. The molecule has 116 valence electrons. The first-order chi connectivity index (χ1) is 10.4. The van der Waals surface area contributed by atoms with E-state index in [1.54, 1.807) is 7.05 Å². The Kier molecular flexibility index (Phi) is 4.75. The lowest BCUT2D eigenvalue weighted by Gasteiger charge is -2.19. The summed E-state index contributed by atoms with van der Waals surface area (Å²) in [6.45, 7) is 0.322. The van der Waals surface area contributed by atoms with Crippen LogP contribution in [-0.4, -0.2) is 32.0 Å². The maximum absolute atomic E-state index is 13.6. The number of rotatable bonds is 4. The van der Waals surface area contributed by atoms with Gasteiger partial charge in [-0.1, -0.05) is 12.1 Å².